The van der Waals surface area contributed by atoms with E-state index in [2.05, 4.69) is 130 Å². The van der Waals surface area contributed by atoms with Gasteiger partial charge >= 0.3 is 0 Å². The first-order valence-corrected chi connectivity index (χ1v) is 45.0. The highest BCUT2D eigenvalue weighted by Crippen LogP contribution is 2.46. The molecule has 0 radical (unpaired) electrons. The number of hydrogen-bond acceptors (Lipinski definition) is 22. The Morgan fingerprint density at radius 1 is 0.362 bits per heavy atom. The van der Waals surface area contributed by atoms with Crippen molar-refractivity contribution < 1.29 is 86.4 Å². The number of benzene rings is 12. The predicted molar refractivity (Wildman–Crippen MR) is 543 cm³/mol. The molecule has 25 heteroatoms. The molecule has 2 heterocycles. The Kier molecular flexibility index (Phi) is 37.8. The molecule has 6 unspecified atom stereocenters. The number of methoxy groups -OCH3 is 11. The minimum Gasteiger partial charge on any atom is -0.504 e. The number of ether oxygens (including phenoxy) is 11. The second kappa shape index (κ2) is 48.9. The number of anilines is 2. The maximum absolute atomic E-state index is 13.7. The molecule has 2 aromatic heterocycles. The molecule has 14 rings (SSSR count). The van der Waals surface area contributed by atoms with Gasteiger partial charge in [0.2, 0.25) is 12.2 Å². The van der Waals surface area contributed by atoms with Gasteiger partial charge in [-0.2, -0.15) is 5.26 Å². The average molecular weight is 1880 g/mol. The van der Waals surface area contributed by atoms with Crippen LogP contribution in [0.1, 0.15) is 203 Å². The molecule has 14 aromatic rings. The number of fused-ring (bicyclic) bond motifs is 1. The number of aryl methyl sites for hydroxylation is 6. The van der Waals surface area contributed by atoms with Gasteiger partial charge in [0.1, 0.15) is 52.4 Å². The standard InChI is InChI=1S/C23H25N5O.C19H21NO3.C18H20F2O3.C18H23NO2.C18H22O4.C17H20O3/c1-14-10-18(11-19(29-4)15(14)2)16(3)22-27-20-21(24)25-13-26-23(20)28(22)12-17-8-6-5-7-9-17;1-12-9-15(11-19(23-4)13(12)2)16(7-8-20)14-5-6-18(22-3)17(21)10-14;1-10-7-13(9-16(23-4)11(10)2)17(18(19)20)12-5-6-15(22-3)14(21)8-12;1-11-8-15(10-18(21-5)12(11)2)13(3)14-6-7-17(20-4)16(19)9-14;1-10-8-13(9-16(22-5)11(10)2)12(3)14-6-7-15(21-4)18(20)17(14)19;1-11-7-14(9-15(8-11)19-3)12(2)13-5-6-17(20-4)16(18)10-13/h5-11,13,16H,12H2,1-4H3,(H2,24,25,26);5-6,9-11,16,21H,7H2,1-4H3;5-9,17-18,21H,1-4H3;6-10,13H,19H2,1-5H3;6-9,12,19-20H,1-5H3;5-10,12,18H,1-4H3. The van der Waals surface area contributed by atoms with Crippen molar-refractivity contribution in [1.82, 2.24) is 19.5 Å². The number of rotatable bonds is 27. The Hall–Kier alpha value is -15.1. The van der Waals surface area contributed by atoms with Gasteiger partial charge in [0, 0.05) is 41.6 Å². The molecular formula is C113H131F2N7O16. The Bertz CT molecular complexity index is 6580. The van der Waals surface area contributed by atoms with Crippen molar-refractivity contribution in [3.05, 3.63) is 334 Å². The molecule has 0 aliphatic heterocycles. The summed E-state index contributed by atoms with van der Waals surface area (Å²) in [6, 6.07) is 63.2. The van der Waals surface area contributed by atoms with Gasteiger partial charge < -0.3 is 93.7 Å². The van der Waals surface area contributed by atoms with E-state index >= 15 is 0 Å². The minimum absolute atomic E-state index is 0.0283. The number of alkyl halides is 2. The summed E-state index contributed by atoms with van der Waals surface area (Å²) in [6.45, 7) is 31.3. The van der Waals surface area contributed by atoms with Crippen LogP contribution in [0.4, 0.5) is 20.3 Å². The van der Waals surface area contributed by atoms with Gasteiger partial charge in [0.25, 0.3) is 0 Å². The van der Waals surface area contributed by atoms with E-state index in [1.165, 1.54) is 86.3 Å². The Labute approximate surface area is 810 Å². The lowest BCUT2D eigenvalue weighted by atomic mass is 9.87. The van der Waals surface area contributed by atoms with Crippen molar-refractivity contribution in [1.29, 1.82) is 5.26 Å². The van der Waals surface area contributed by atoms with Gasteiger partial charge in [0.15, 0.2) is 63.0 Å². The highest BCUT2D eigenvalue weighted by atomic mass is 19.3. The first kappa shape index (κ1) is 107. The zero-order valence-corrected chi connectivity index (χ0v) is 83.9. The molecule has 0 fully saturated rings. The fraction of sp³-hybridized carbons (Fsp3) is 0.310. The zero-order chi connectivity index (χ0) is 101. The second-order valence-electron chi connectivity index (χ2n) is 34.0. The fourth-order valence-corrected chi connectivity index (χ4v) is 16.5. The summed E-state index contributed by atoms with van der Waals surface area (Å²) in [5.41, 5.74) is 37.5. The number of aromatic hydroxyl groups is 5. The molecule has 0 aliphatic carbocycles. The average Bonchev–Trinajstić information content (AvgIpc) is 1.61. The lowest BCUT2D eigenvalue weighted by Crippen LogP contribution is -2.12. The summed E-state index contributed by atoms with van der Waals surface area (Å²) >= 11 is 0. The molecular weight excluding hydrogens is 1750 g/mol. The Morgan fingerprint density at radius 3 is 1.19 bits per heavy atom. The molecule has 6 atom stereocenters. The van der Waals surface area contributed by atoms with Gasteiger partial charge in [0.05, 0.1) is 102 Å². The smallest absolute Gasteiger partial charge is 0.249 e. The molecule has 0 aliphatic rings. The molecule has 0 spiro atoms. The molecule has 23 nitrogen and oxygen atoms in total. The minimum atomic E-state index is -2.62. The largest absolute Gasteiger partial charge is 0.504 e. The van der Waals surface area contributed by atoms with E-state index in [1.54, 1.807) is 98.3 Å². The number of nitrogen functional groups attached to an aromatic ring is 2. The van der Waals surface area contributed by atoms with Crippen LogP contribution in [0, 0.1) is 87.5 Å². The van der Waals surface area contributed by atoms with Crippen LogP contribution < -0.4 is 63.6 Å². The van der Waals surface area contributed by atoms with Gasteiger partial charge in [-0.3, -0.25) is 0 Å². The number of phenols is 5. The maximum Gasteiger partial charge on any atom is 0.249 e. The van der Waals surface area contributed by atoms with Crippen LogP contribution in [0.15, 0.2) is 200 Å². The molecule has 12 aromatic carbocycles. The number of imidazole rings is 1. The third-order valence-electron chi connectivity index (χ3n) is 25.5. The van der Waals surface area contributed by atoms with Crippen LogP contribution in [-0.2, 0) is 6.54 Å². The zero-order valence-electron chi connectivity index (χ0n) is 83.9. The van der Waals surface area contributed by atoms with Crippen molar-refractivity contribution in [2.24, 2.45) is 0 Å². The molecule has 9 N–H and O–H groups in total. The van der Waals surface area contributed by atoms with Gasteiger partial charge in [-0.05, 0) is 296 Å². The van der Waals surface area contributed by atoms with Crippen LogP contribution in [0.2, 0.25) is 0 Å². The first-order valence-electron chi connectivity index (χ1n) is 45.0. The Balaban J connectivity index is 0.000000186. The van der Waals surface area contributed by atoms with Crippen LogP contribution in [0.3, 0.4) is 0 Å². The van der Waals surface area contributed by atoms with E-state index < -0.39 is 12.3 Å². The number of aromatic nitrogens is 4. The number of halogens is 2. The summed E-state index contributed by atoms with van der Waals surface area (Å²) in [7, 11) is 17.4. The fourth-order valence-electron chi connectivity index (χ4n) is 16.5. The lowest BCUT2D eigenvalue weighted by molar-refractivity contribution is 0.128. The van der Waals surface area contributed by atoms with Crippen molar-refractivity contribution >= 4 is 22.7 Å². The van der Waals surface area contributed by atoms with Crippen molar-refractivity contribution in [3.63, 3.8) is 0 Å². The summed E-state index contributed by atoms with van der Waals surface area (Å²) in [5, 5.41) is 59.2. The quantitative estimate of drug-likeness (QED) is 0.0186. The highest BCUT2D eigenvalue weighted by Gasteiger charge is 2.30. The number of nitrogens with two attached hydrogens (primary N) is 2. The third-order valence-corrected chi connectivity index (χ3v) is 25.5. The van der Waals surface area contributed by atoms with E-state index in [0.29, 0.717) is 69.7 Å². The van der Waals surface area contributed by atoms with Gasteiger partial charge in [-0.15, -0.1) is 0 Å². The second-order valence-corrected chi connectivity index (χ2v) is 34.0. The van der Waals surface area contributed by atoms with Gasteiger partial charge in [-0.1, -0.05) is 125 Å². The molecule has 0 saturated carbocycles. The van der Waals surface area contributed by atoms with Crippen molar-refractivity contribution in [2.75, 3.05) is 89.7 Å². The van der Waals surface area contributed by atoms with Crippen LogP contribution in [0.5, 0.6) is 92.0 Å². The summed E-state index contributed by atoms with van der Waals surface area (Å²) < 4.78 is 87.4. The molecule has 0 saturated heterocycles. The molecule has 0 bridgehead atoms. The number of nitriles is 1. The van der Waals surface area contributed by atoms with E-state index in [1.807, 2.05) is 122 Å². The van der Waals surface area contributed by atoms with E-state index in [0.717, 1.165) is 118 Å². The van der Waals surface area contributed by atoms with Crippen LogP contribution in [0.25, 0.3) is 11.2 Å². The van der Waals surface area contributed by atoms with Gasteiger partial charge in [-0.25, -0.2) is 23.7 Å². The van der Waals surface area contributed by atoms with Crippen molar-refractivity contribution in [2.45, 2.75) is 159 Å². The maximum atomic E-state index is 13.7. The monoisotopic (exact) mass is 1880 g/mol. The summed E-state index contributed by atoms with van der Waals surface area (Å²) in [5.74, 6) is 7.04. The van der Waals surface area contributed by atoms with E-state index in [4.69, 9.17) is 68.6 Å². The lowest BCUT2D eigenvalue weighted by Gasteiger charge is -2.20. The predicted octanol–water partition coefficient (Wildman–Crippen LogP) is 24.5. The molecule has 0 amide bonds. The number of nitrogens with zero attached hydrogens (tertiary/aromatic N) is 5. The van der Waals surface area contributed by atoms with E-state index in [-0.39, 0.29) is 69.8 Å². The number of phenolic OH excluding ortho intramolecular Hbond substituents is 5. The first-order chi connectivity index (χ1) is 65.8. The number of hydrogen-bond donors (Lipinski definition) is 7. The third kappa shape index (κ3) is 25.6. The SMILES string of the molecule is COc1cc(C(C)c2ccc(OC)c(O)c2O)cc(C)c1C.COc1cc(C(C)c2nc3c(N)ncnc3n2Cc2ccccc2)cc(C)c1C.COc1cc(C)cc(C(C)c2ccc(OC)c(O)c2)c1.COc1ccc(C(C)c2cc(C)c(C)c(OC)c2)cc1N.COc1ccc(C(CC#N)c2cc(C)c(C)c(OC)c2)cc1O.COc1ccc(C(c2cc(C)c(C)c(OC)c2)C(F)F)cc1O. The molecule has 138 heavy (non-hydrogen) atoms. The summed E-state index contributed by atoms with van der Waals surface area (Å²) in [4.78, 5) is 13.5. The van der Waals surface area contributed by atoms with Crippen molar-refractivity contribution in [3.8, 4) is 98.1 Å². The van der Waals surface area contributed by atoms with Crippen LogP contribution in [-0.4, -0.2) is 130 Å². The normalized spacial score (nSPS) is 12.1. The van der Waals surface area contributed by atoms with E-state index in [9.17, 15) is 39.6 Å². The Morgan fingerprint density at radius 2 is 0.746 bits per heavy atom. The summed E-state index contributed by atoms with van der Waals surface area (Å²) in [6.07, 6.45) is -0.805. The highest BCUT2D eigenvalue weighted by molar-refractivity contribution is 5.82. The van der Waals surface area contributed by atoms with Crippen LogP contribution >= 0.6 is 0 Å². The molecule has 728 valence electrons. The topological polar surface area (TPSA) is 322 Å².